The standard InChI is InChI=1S/C8H9ClF2NP/c1-4-2-5(8(10,11)13)7(12)6(9)3-4/h2-3H,12-13H2,1H3. The molecule has 0 spiro atoms. The smallest absolute Gasteiger partial charge is 0.285 e. The maximum Gasteiger partial charge on any atom is 0.285 e. The van der Waals surface area contributed by atoms with E-state index in [0.717, 1.165) is 0 Å². The van der Waals surface area contributed by atoms with Gasteiger partial charge in [0.15, 0.2) is 0 Å². The van der Waals surface area contributed by atoms with Gasteiger partial charge in [-0.1, -0.05) is 20.8 Å². The summed E-state index contributed by atoms with van der Waals surface area (Å²) in [5, 5.41) is 0.164. The lowest BCUT2D eigenvalue weighted by Crippen LogP contribution is -2.07. The summed E-state index contributed by atoms with van der Waals surface area (Å²) < 4.78 is 25.8. The predicted octanol–water partition coefficient (Wildman–Crippen LogP) is 3.16. The Labute approximate surface area is 82.5 Å². The molecule has 0 bridgehead atoms. The van der Waals surface area contributed by atoms with Gasteiger partial charge in [0.2, 0.25) is 0 Å². The second-order valence-corrected chi connectivity index (χ2v) is 3.96. The van der Waals surface area contributed by atoms with Crippen molar-refractivity contribution in [3.63, 3.8) is 0 Å². The molecule has 1 unspecified atom stereocenters. The van der Waals surface area contributed by atoms with Gasteiger partial charge in [0, 0.05) is 5.56 Å². The highest BCUT2D eigenvalue weighted by molar-refractivity contribution is 7.17. The highest BCUT2D eigenvalue weighted by Gasteiger charge is 2.28. The van der Waals surface area contributed by atoms with Gasteiger partial charge in [0.1, 0.15) is 0 Å². The van der Waals surface area contributed by atoms with Crippen LogP contribution in [0.1, 0.15) is 11.1 Å². The Morgan fingerprint density at radius 2 is 2.00 bits per heavy atom. The minimum absolute atomic E-state index is 0.0627. The number of rotatable bonds is 1. The summed E-state index contributed by atoms with van der Waals surface area (Å²) in [6.45, 7) is 1.69. The van der Waals surface area contributed by atoms with Crippen LogP contribution < -0.4 is 5.73 Å². The van der Waals surface area contributed by atoms with Crippen molar-refractivity contribution >= 4 is 26.5 Å². The zero-order valence-corrected chi connectivity index (χ0v) is 8.85. The van der Waals surface area contributed by atoms with Crippen molar-refractivity contribution in [2.75, 3.05) is 5.73 Å². The van der Waals surface area contributed by atoms with Crippen LogP contribution in [0.3, 0.4) is 0 Å². The van der Waals surface area contributed by atoms with Crippen LogP contribution in [0.25, 0.3) is 0 Å². The van der Waals surface area contributed by atoms with Gasteiger partial charge in [-0.2, -0.15) is 8.78 Å². The van der Waals surface area contributed by atoms with E-state index in [0.29, 0.717) is 5.56 Å². The van der Waals surface area contributed by atoms with E-state index in [9.17, 15) is 8.78 Å². The summed E-state index contributed by atoms with van der Waals surface area (Å²) in [6, 6.07) is 2.88. The average molecular weight is 224 g/mol. The van der Waals surface area contributed by atoms with Crippen molar-refractivity contribution < 1.29 is 8.78 Å². The molecule has 72 valence electrons. The molecule has 0 aliphatic rings. The normalized spacial score (nSPS) is 11.8. The Morgan fingerprint density at radius 1 is 1.46 bits per heavy atom. The summed E-state index contributed by atoms with van der Waals surface area (Å²) in [5.41, 5.74) is 2.74. The fourth-order valence-electron chi connectivity index (χ4n) is 1.03. The molecule has 1 atom stereocenters. The molecule has 5 heteroatoms. The molecule has 1 aromatic rings. The largest absolute Gasteiger partial charge is 0.397 e. The first kappa shape index (κ1) is 10.7. The van der Waals surface area contributed by atoms with Crippen LogP contribution in [0, 0.1) is 6.92 Å². The number of halogens is 3. The number of nitrogens with two attached hydrogens (primary N) is 1. The molecule has 1 aromatic carbocycles. The molecule has 0 aromatic heterocycles. The van der Waals surface area contributed by atoms with Gasteiger partial charge in [-0.25, -0.2) is 0 Å². The molecule has 0 heterocycles. The lowest BCUT2D eigenvalue weighted by molar-refractivity contribution is 0.105. The molecule has 0 saturated carbocycles. The quantitative estimate of drug-likeness (QED) is 0.574. The van der Waals surface area contributed by atoms with E-state index >= 15 is 0 Å². The van der Waals surface area contributed by atoms with Gasteiger partial charge in [0.25, 0.3) is 5.66 Å². The molecular formula is C8H9ClF2NP. The molecule has 2 N–H and O–H groups in total. The summed E-state index contributed by atoms with van der Waals surface area (Å²) in [5.74, 6) is 0. The van der Waals surface area contributed by atoms with Gasteiger partial charge in [-0.15, -0.1) is 0 Å². The maximum atomic E-state index is 12.9. The van der Waals surface area contributed by atoms with Gasteiger partial charge < -0.3 is 5.73 Å². The third kappa shape index (κ3) is 2.29. The minimum atomic E-state index is -3.03. The van der Waals surface area contributed by atoms with E-state index in [1.54, 1.807) is 13.0 Å². The minimum Gasteiger partial charge on any atom is -0.397 e. The average Bonchev–Trinajstić information content (AvgIpc) is 1.94. The molecule has 0 aliphatic carbocycles. The van der Waals surface area contributed by atoms with Gasteiger partial charge in [-0.05, 0) is 24.6 Å². The van der Waals surface area contributed by atoms with Crippen molar-refractivity contribution in [3.8, 4) is 0 Å². The van der Waals surface area contributed by atoms with Crippen LogP contribution in [-0.4, -0.2) is 0 Å². The Kier molecular flexibility index (Phi) is 2.79. The van der Waals surface area contributed by atoms with Crippen LogP contribution in [0.4, 0.5) is 14.5 Å². The van der Waals surface area contributed by atoms with Crippen molar-refractivity contribution in [1.82, 2.24) is 0 Å². The van der Waals surface area contributed by atoms with Crippen LogP contribution in [-0.2, 0) is 5.66 Å². The third-order valence-electron chi connectivity index (χ3n) is 1.63. The van der Waals surface area contributed by atoms with Crippen molar-refractivity contribution in [1.29, 1.82) is 0 Å². The monoisotopic (exact) mass is 223 g/mol. The summed E-state index contributed by atoms with van der Waals surface area (Å²) >= 11 is 5.66. The fraction of sp³-hybridized carbons (Fsp3) is 0.250. The van der Waals surface area contributed by atoms with Crippen molar-refractivity contribution in [2.45, 2.75) is 12.6 Å². The number of aryl methyl sites for hydroxylation is 1. The first-order chi connectivity index (χ1) is 5.82. The Hall–Kier alpha value is -0.400. The van der Waals surface area contributed by atoms with E-state index in [1.807, 2.05) is 0 Å². The van der Waals surface area contributed by atoms with Crippen LogP contribution in [0.15, 0.2) is 12.1 Å². The second-order valence-electron chi connectivity index (χ2n) is 2.83. The van der Waals surface area contributed by atoms with E-state index < -0.39 is 5.66 Å². The lowest BCUT2D eigenvalue weighted by Gasteiger charge is -2.14. The molecule has 0 radical (unpaired) electrons. The van der Waals surface area contributed by atoms with Crippen LogP contribution in [0.2, 0.25) is 5.02 Å². The second kappa shape index (κ2) is 3.39. The summed E-state index contributed by atoms with van der Waals surface area (Å²) in [4.78, 5) is 0. The first-order valence-corrected chi connectivity index (χ1v) is 4.50. The Morgan fingerprint density at radius 3 is 2.46 bits per heavy atom. The molecular weight excluding hydrogens is 215 g/mol. The van der Waals surface area contributed by atoms with E-state index in [4.69, 9.17) is 17.3 Å². The number of alkyl halides is 2. The molecule has 1 rings (SSSR count). The number of benzene rings is 1. The molecule has 0 aliphatic heterocycles. The highest BCUT2D eigenvalue weighted by atomic mass is 35.5. The molecule has 0 saturated heterocycles. The van der Waals surface area contributed by atoms with Gasteiger partial charge in [0.05, 0.1) is 10.7 Å². The number of hydrogen-bond acceptors (Lipinski definition) is 1. The highest BCUT2D eigenvalue weighted by Crippen LogP contribution is 2.41. The SMILES string of the molecule is Cc1cc(Cl)c(N)c(C(F)(F)P)c1. The molecule has 0 fully saturated rings. The zero-order chi connectivity index (χ0) is 10.2. The summed E-state index contributed by atoms with van der Waals surface area (Å²) in [7, 11) is 1.44. The van der Waals surface area contributed by atoms with Crippen LogP contribution in [0.5, 0.6) is 0 Å². The van der Waals surface area contributed by atoms with E-state index in [1.165, 1.54) is 15.3 Å². The molecule has 13 heavy (non-hydrogen) atoms. The Balaban J connectivity index is 3.37. The van der Waals surface area contributed by atoms with Crippen LogP contribution >= 0.6 is 20.8 Å². The number of nitrogen functional groups attached to an aromatic ring is 1. The predicted molar refractivity (Wildman–Crippen MR) is 54.2 cm³/mol. The zero-order valence-electron chi connectivity index (χ0n) is 6.94. The topological polar surface area (TPSA) is 26.0 Å². The van der Waals surface area contributed by atoms with Gasteiger partial charge in [-0.3, -0.25) is 0 Å². The third-order valence-corrected chi connectivity index (χ3v) is 2.26. The van der Waals surface area contributed by atoms with E-state index in [2.05, 4.69) is 0 Å². The Bertz CT molecular complexity index is 336. The lowest BCUT2D eigenvalue weighted by atomic mass is 10.1. The molecule has 0 amide bonds. The van der Waals surface area contributed by atoms with Crippen molar-refractivity contribution in [3.05, 3.63) is 28.3 Å². The van der Waals surface area contributed by atoms with Gasteiger partial charge >= 0.3 is 0 Å². The first-order valence-electron chi connectivity index (χ1n) is 3.55. The van der Waals surface area contributed by atoms with Crippen molar-refractivity contribution in [2.24, 2.45) is 0 Å². The molecule has 1 nitrogen and oxygen atoms in total. The van der Waals surface area contributed by atoms with E-state index in [-0.39, 0.29) is 16.3 Å². The summed E-state index contributed by atoms with van der Waals surface area (Å²) in [6.07, 6.45) is 0. The maximum absolute atomic E-state index is 12.9. The number of anilines is 1. The number of hydrogen-bond donors (Lipinski definition) is 1. The fourth-order valence-corrected chi connectivity index (χ4v) is 1.54.